The van der Waals surface area contributed by atoms with E-state index in [1.165, 1.54) is 0 Å². The number of carbonyl (C=O) groups is 5. The highest BCUT2D eigenvalue weighted by Gasteiger charge is 2.78. The molecule has 0 aromatic carbocycles. The van der Waals surface area contributed by atoms with E-state index in [-0.39, 0.29) is 20.8 Å². The van der Waals surface area contributed by atoms with Crippen molar-refractivity contribution in [2.45, 2.75) is 56.1 Å². The van der Waals surface area contributed by atoms with Gasteiger partial charge in [-0.25, -0.2) is 4.18 Å². The van der Waals surface area contributed by atoms with E-state index in [2.05, 4.69) is 4.18 Å². The smallest absolute Gasteiger partial charge is 0.394 e. The molecule has 0 amide bonds. The summed E-state index contributed by atoms with van der Waals surface area (Å²) in [5, 5.41) is 40.6. The quantitative estimate of drug-likeness (QED) is 0.103. The second kappa shape index (κ2) is 8.79. The second-order valence-corrected chi connectivity index (χ2v) is 7.93. The number of hydrogen-bond acceptors (Lipinski definition) is 12. The van der Waals surface area contributed by atoms with Gasteiger partial charge in [-0.15, -0.1) is 0 Å². The second-order valence-electron chi connectivity index (χ2n) is 6.39. The molecule has 0 radical (unpaired) electrons. The van der Waals surface area contributed by atoms with Crippen LogP contribution >= 0.6 is 0 Å². The predicted octanol–water partition coefficient (Wildman–Crippen LogP) is -2.67. The monoisotopic (exact) mass is 480 g/mol. The van der Waals surface area contributed by atoms with Crippen LogP contribution in [0.25, 0.3) is 0 Å². The minimum Gasteiger partial charge on any atom is -0.394 e. The third-order valence-electron chi connectivity index (χ3n) is 4.42. The van der Waals surface area contributed by atoms with Crippen LogP contribution in [0, 0.1) is 0 Å². The van der Waals surface area contributed by atoms with Gasteiger partial charge in [0.15, 0.2) is 28.7 Å². The number of aliphatic hydroxyl groups excluding tert-OH is 2. The van der Waals surface area contributed by atoms with E-state index >= 15 is 0 Å². The Balaban J connectivity index is 7.96. The Morgan fingerprint density at radius 3 is 1.55 bits per heavy atom. The molecule has 0 heterocycles. The molecule has 0 aromatic rings. The van der Waals surface area contributed by atoms with Crippen LogP contribution in [0.2, 0.25) is 0 Å². The molecule has 0 bridgehead atoms. The summed E-state index contributed by atoms with van der Waals surface area (Å²) in [7, 11) is -7.09. The molecule has 0 fully saturated rings. The molecule has 0 rings (SSSR count). The Morgan fingerprint density at radius 1 is 0.903 bits per heavy atom. The van der Waals surface area contributed by atoms with E-state index in [9.17, 15) is 60.9 Å². The number of carbonyl (C=O) groups excluding carboxylic acids is 5. The predicted molar refractivity (Wildman–Crippen MR) is 89.5 cm³/mol. The minimum absolute atomic E-state index is 0.104. The lowest BCUT2D eigenvalue weighted by molar-refractivity contribution is -0.242. The fourth-order valence-corrected chi connectivity index (χ4v) is 3.58. The van der Waals surface area contributed by atoms with Crippen LogP contribution in [0.15, 0.2) is 0 Å². The summed E-state index contributed by atoms with van der Waals surface area (Å²) in [5.41, 5.74) is -20.0. The Hall–Kier alpha value is -2.11. The summed E-state index contributed by atoms with van der Waals surface area (Å²) in [4.78, 5) is 61.0. The number of Topliss-reactive ketones (excluding diaryl/α,β-unsaturated/α-hetero) is 5. The zero-order valence-electron chi connectivity index (χ0n) is 16.4. The number of aliphatic hydroxyl groups is 4. The van der Waals surface area contributed by atoms with Crippen LogP contribution in [-0.4, -0.2) is 92.8 Å². The van der Waals surface area contributed by atoms with Gasteiger partial charge in [0.2, 0.25) is 17.0 Å². The zero-order chi connectivity index (χ0) is 25.4. The molecular formula is C15H19F3O12S. The van der Waals surface area contributed by atoms with Crippen LogP contribution in [0.1, 0.15) is 27.7 Å². The van der Waals surface area contributed by atoms with Gasteiger partial charge in [-0.2, -0.15) is 21.6 Å². The molecule has 0 saturated heterocycles. The van der Waals surface area contributed by atoms with Crippen molar-refractivity contribution in [3.8, 4) is 0 Å². The van der Waals surface area contributed by atoms with Crippen molar-refractivity contribution < 1.29 is 70.2 Å². The van der Waals surface area contributed by atoms with Gasteiger partial charge in [0, 0.05) is 6.92 Å². The Kier molecular flexibility index (Phi) is 8.19. The van der Waals surface area contributed by atoms with E-state index in [0.29, 0.717) is 6.92 Å². The fourth-order valence-electron chi connectivity index (χ4n) is 2.84. The van der Waals surface area contributed by atoms with Crippen molar-refractivity contribution in [2.75, 3.05) is 6.61 Å². The largest absolute Gasteiger partial charge is 0.523 e. The third kappa shape index (κ3) is 4.18. The maximum absolute atomic E-state index is 13.0. The first-order valence-corrected chi connectivity index (χ1v) is 9.37. The molecule has 0 aliphatic rings. The van der Waals surface area contributed by atoms with E-state index < -0.39 is 74.1 Å². The average Bonchev–Trinajstić information content (AvgIpc) is 2.61. The number of alkyl halides is 3. The van der Waals surface area contributed by atoms with Crippen LogP contribution in [-0.2, 0) is 38.3 Å². The molecule has 0 aliphatic heterocycles. The highest BCUT2D eigenvalue weighted by molar-refractivity contribution is 7.87. The van der Waals surface area contributed by atoms with E-state index in [4.69, 9.17) is 5.11 Å². The van der Waals surface area contributed by atoms with Gasteiger partial charge in [0.25, 0.3) is 0 Å². The van der Waals surface area contributed by atoms with Crippen molar-refractivity contribution in [3.05, 3.63) is 0 Å². The molecule has 0 aromatic heterocycles. The summed E-state index contributed by atoms with van der Waals surface area (Å²) in [6.07, 6.45) is -2.99. The average molecular weight is 480 g/mol. The minimum atomic E-state index is -7.09. The lowest BCUT2D eigenvalue weighted by atomic mass is 9.61. The highest BCUT2D eigenvalue weighted by Crippen LogP contribution is 2.44. The molecule has 4 N–H and O–H groups in total. The molecular weight excluding hydrogens is 461 g/mol. The van der Waals surface area contributed by atoms with Crippen LogP contribution in [0.5, 0.6) is 0 Å². The number of hydrogen-bond donors (Lipinski definition) is 4. The van der Waals surface area contributed by atoms with Gasteiger partial charge >= 0.3 is 15.6 Å². The van der Waals surface area contributed by atoms with E-state index in [1.807, 2.05) is 0 Å². The summed E-state index contributed by atoms with van der Waals surface area (Å²) < 4.78 is 65.8. The number of ketones is 5. The van der Waals surface area contributed by atoms with Crippen LogP contribution in [0.4, 0.5) is 13.2 Å². The van der Waals surface area contributed by atoms with Crippen LogP contribution < -0.4 is 0 Å². The van der Waals surface area contributed by atoms with Gasteiger partial charge in [-0.05, 0) is 20.8 Å². The molecule has 31 heavy (non-hydrogen) atoms. The Labute approximate surface area is 172 Å². The molecule has 178 valence electrons. The molecule has 0 unspecified atom stereocenters. The highest BCUT2D eigenvalue weighted by atomic mass is 32.2. The fraction of sp³-hybridized carbons (Fsp3) is 0.667. The maximum atomic E-state index is 13.0. The Morgan fingerprint density at radius 2 is 1.32 bits per heavy atom. The first-order chi connectivity index (χ1) is 13.6. The zero-order valence-corrected chi connectivity index (χ0v) is 17.2. The van der Waals surface area contributed by atoms with Crippen LogP contribution in [0.3, 0.4) is 0 Å². The number of rotatable bonds is 11. The lowest BCUT2D eigenvalue weighted by Gasteiger charge is -2.49. The van der Waals surface area contributed by atoms with E-state index in [0.717, 1.165) is 0 Å². The molecule has 16 heteroatoms. The van der Waals surface area contributed by atoms with Gasteiger partial charge in [-0.1, -0.05) is 0 Å². The summed E-state index contributed by atoms with van der Waals surface area (Å²) in [5.74, 6) is -10.9. The summed E-state index contributed by atoms with van der Waals surface area (Å²) >= 11 is 0. The van der Waals surface area contributed by atoms with Crippen molar-refractivity contribution >= 4 is 39.0 Å². The first-order valence-electron chi connectivity index (χ1n) is 7.96. The lowest BCUT2D eigenvalue weighted by Crippen LogP contribution is -2.82. The van der Waals surface area contributed by atoms with Crippen molar-refractivity contribution in [2.24, 2.45) is 0 Å². The number of halogens is 3. The van der Waals surface area contributed by atoms with Crippen molar-refractivity contribution in [3.63, 3.8) is 0 Å². The van der Waals surface area contributed by atoms with Gasteiger partial charge in [0.1, 0.15) is 6.10 Å². The third-order valence-corrected chi connectivity index (χ3v) is 5.45. The van der Waals surface area contributed by atoms with Gasteiger partial charge in [-0.3, -0.25) is 24.0 Å². The van der Waals surface area contributed by atoms with Crippen molar-refractivity contribution in [1.82, 2.24) is 0 Å². The van der Waals surface area contributed by atoms with E-state index in [1.54, 1.807) is 0 Å². The molecule has 0 aliphatic carbocycles. The Bertz CT molecular complexity index is 911. The summed E-state index contributed by atoms with van der Waals surface area (Å²) in [6.45, 7) is -0.854. The molecule has 12 nitrogen and oxygen atoms in total. The normalized spacial score (nSPS) is 19.3. The van der Waals surface area contributed by atoms with Crippen molar-refractivity contribution in [1.29, 1.82) is 0 Å². The van der Waals surface area contributed by atoms with Gasteiger partial charge < -0.3 is 20.4 Å². The SMILES string of the molecule is CC(=O)C(=O)[C@](OS(=O)(=O)C(F)(F)F)(C(C)=O)[C@](O)(C(C)=O)[C@@](O)(C(C)=O)[C@H](O)CO. The topological polar surface area (TPSA) is 210 Å². The maximum Gasteiger partial charge on any atom is 0.523 e. The molecule has 0 saturated carbocycles. The summed E-state index contributed by atoms with van der Waals surface area (Å²) in [6, 6.07) is 0. The molecule has 0 spiro atoms. The first kappa shape index (κ1) is 28.9. The van der Waals surface area contributed by atoms with Gasteiger partial charge in [0.05, 0.1) is 6.61 Å². The molecule has 4 atom stereocenters. The standard InChI is InChI=1S/C15H19F3O12S/c1-6(20)11(25)13(8(3)22,30-31(28,29)15(16,17)18)14(27,9(4)23)12(26,7(2)21)10(24)5-19/h10,19,24,26-27H,5H2,1-4H3/t10-,12-,13-,14+/m1/s1.